The van der Waals surface area contributed by atoms with Gasteiger partial charge in [0.1, 0.15) is 11.6 Å². The van der Waals surface area contributed by atoms with E-state index >= 15 is 0 Å². The molecule has 2 rings (SSSR count). The number of ketones is 1. The van der Waals surface area contributed by atoms with Crippen LogP contribution < -0.4 is 0 Å². The quantitative estimate of drug-likeness (QED) is 0.555. The summed E-state index contributed by atoms with van der Waals surface area (Å²) in [4.78, 5) is 11.0. The Morgan fingerprint density at radius 3 is 2.76 bits per heavy atom. The van der Waals surface area contributed by atoms with Crippen molar-refractivity contribution in [3.63, 3.8) is 0 Å². The van der Waals surface area contributed by atoms with Gasteiger partial charge >= 0.3 is 0 Å². The van der Waals surface area contributed by atoms with Crippen LogP contribution in [0.4, 0.5) is 0 Å². The molecule has 0 aliphatic carbocycles. The number of allylic oxidation sites excluding steroid dienone is 1. The van der Waals surface area contributed by atoms with Gasteiger partial charge in [0, 0.05) is 25.1 Å². The molecule has 1 heterocycles. The van der Waals surface area contributed by atoms with Gasteiger partial charge in [-0.1, -0.05) is 48.2 Å². The first-order valence-corrected chi connectivity index (χ1v) is 7.88. The third-order valence-electron chi connectivity index (χ3n) is 3.00. The van der Waals surface area contributed by atoms with Crippen LogP contribution in [0.15, 0.2) is 48.1 Å². The Kier molecular flexibility index (Phi) is 5.75. The van der Waals surface area contributed by atoms with Gasteiger partial charge in [0.15, 0.2) is 5.16 Å². The van der Waals surface area contributed by atoms with Crippen LogP contribution in [0.5, 0.6) is 0 Å². The summed E-state index contributed by atoms with van der Waals surface area (Å²) in [6.45, 7) is 6.08. The van der Waals surface area contributed by atoms with Crippen LogP contribution in [0.25, 0.3) is 0 Å². The highest BCUT2D eigenvalue weighted by Gasteiger charge is 2.12. The molecule has 0 atom stereocenters. The van der Waals surface area contributed by atoms with E-state index in [9.17, 15) is 4.79 Å². The Labute approximate surface area is 129 Å². The topological polar surface area (TPSA) is 47.8 Å². The normalized spacial score (nSPS) is 10.5. The second-order valence-corrected chi connectivity index (χ2v) is 5.82. The fourth-order valence-corrected chi connectivity index (χ4v) is 2.94. The standard InChI is InChI=1S/C16H19N3OS/c1-3-10-19-15(12-14-7-5-4-6-8-14)17-18-16(19)21-11-9-13(2)20/h3-8H,1,9-12H2,2H3. The minimum absolute atomic E-state index is 0.196. The molecule has 5 heteroatoms. The molecule has 0 amide bonds. The lowest BCUT2D eigenvalue weighted by Gasteiger charge is -2.07. The van der Waals surface area contributed by atoms with Gasteiger partial charge in [-0.3, -0.25) is 4.79 Å². The van der Waals surface area contributed by atoms with Crippen molar-refractivity contribution < 1.29 is 4.79 Å². The van der Waals surface area contributed by atoms with Gasteiger partial charge < -0.3 is 4.57 Å². The summed E-state index contributed by atoms with van der Waals surface area (Å²) in [5.74, 6) is 1.85. The smallest absolute Gasteiger partial charge is 0.191 e. The molecular formula is C16H19N3OS. The second kappa shape index (κ2) is 7.78. The molecule has 0 unspecified atom stereocenters. The van der Waals surface area contributed by atoms with Crippen molar-refractivity contribution >= 4 is 17.5 Å². The minimum Gasteiger partial charge on any atom is -0.302 e. The lowest BCUT2D eigenvalue weighted by atomic mass is 10.1. The Morgan fingerprint density at radius 1 is 1.33 bits per heavy atom. The van der Waals surface area contributed by atoms with Crippen molar-refractivity contribution in [2.45, 2.75) is 31.5 Å². The molecule has 0 fully saturated rings. The average Bonchev–Trinajstić information content (AvgIpc) is 2.83. The van der Waals surface area contributed by atoms with E-state index in [1.807, 2.05) is 24.3 Å². The predicted molar refractivity (Wildman–Crippen MR) is 85.5 cm³/mol. The maximum absolute atomic E-state index is 11.0. The average molecular weight is 301 g/mol. The molecule has 2 aromatic rings. The van der Waals surface area contributed by atoms with Crippen molar-refractivity contribution in [1.29, 1.82) is 0 Å². The van der Waals surface area contributed by atoms with Crippen LogP contribution in [0.1, 0.15) is 24.7 Å². The van der Waals surface area contributed by atoms with Crippen molar-refractivity contribution in [2.24, 2.45) is 0 Å². The molecule has 0 saturated heterocycles. The van der Waals surface area contributed by atoms with Crippen LogP contribution in [-0.4, -0.2) is 26.3 Å². The van der Waals surface area contributed by atoms with Crippen molar-refractivity contribution in [1.82, 2.24) is 14.8 Å². The van der Waals surface area contributed by atoms with E-state index in [0.29, 0.717) is 13.0 Å². The molecule has 0 N–H and O–H groups in total. The lowest BCUT2D eigenvalue weighted by molar-refractivity contribution is -0.116. The zero-order valence-corrected chi connectivity index (χ0v) is 13.0. The highest BCUT2D eigenvalue weighted by Crippen LogP contribution is 2.19. The zero-order valence-electron chi connectivity index (χ0n) is 12.2. The van der Waals surface area contributed by atoms with Crippen LogP contribution in [0.3, 0.4) is 0 Å². The number of hydrogen-bond acceptors (Lipinski definition) is 4. The Bertz CT molecular complexity index is 607. The van der Waals surface area contributed by atoms with Gasteiger partial charge in [-0.2, -0.15) is 0 Å². The lowest BCUT2D eigenvalue weighted by Crippen LogP contribution is -2.05. The maximum Gasteiger partial charge on any atom is 0.191 e. The predicted octanol–water partition coefficient (Wildman–Crippen LogP) is 3.13. The number of benzene rings is 1. The molecule has 0 spiro atoms. The SMILES string of the molecule is C=CCn1c(Cc2ccccc2)nnc1SCCC(C)=O. The van der Waals surface area contributed by atoms with Crippen LogP contribution in [0.2, 0.25) is 0 Å². The third kappa shape index (κ3) is 4.56. The first kappa shape index (κ1) is 15.5. The van der Waals surface area contributed by atoms with E-state index in [4.69, 9.17) is 0 Å². The van der Waals surface area contributed by atoms with Crippen molar-refractivity contribution in [2.75, 3.05) is 5.75 Å². The van der Waals surface area contributed by atoms with Gasteiger partial charge in [-0.15, -0.1) is 16.8 Å². The summed E-state index contributed by atoms with van der Waals surface area (Å²) >= 11 is 1.57. The summed E-state index contributed by atoms with van der Waals surface area (Å²) in [7, 11) is 0. The Balaban J connectivity index is 2.12. The van der Waals surface area contributed by atoms with Gasteiger partial charge in [-0.05, 0) is 12.5 Å². The number of thioether (sulfide) groups is 1. The van der Waals surface area contributed by atoms with E-state index in [2.05, 4.69) is 33.5 Å². The largest absolute Gasteiger partial charge is 0.302 e. The molecule has 0 radical (unpaired) electrons. The summed E-state index contributed by atoms with van der Waals surface area (Å²) in [5, 5.41) is 9.38. The fourth-order valence-electron chi connectivity index (χ4n) is 1.93. The molecule has 21 heavy (non-hydrogen) atoms. The molecule has 4 nitrogen and oxygen atoms in total. The molecule has 1 aromatic carbocycles. The number of nitrogens with zero attached hydrogens (tertiary/aromatic N) is 3. The number of hydrogen-bond donors (Lipinski definition) is 0. The highest BCUT2D eigenvalue weighted by atomic mass is 32.2. The van der Waals surface area contributed by atoms with Crippen LogP contribution in [-0.2, 0) is 17.8 Å². The zero-order chi connectivity index (χ0) is 15.1. The Morgan fingerprint density at radius 2 is 2.10 bits per heavy atom. The van der Waals surface area contributed by atoms with E-state index in [1.54, 1.807) is 18.7 Å². The van der Waals surface area contributed by atoms with Crippen LogP contribution >= 0.6 is 11.8 Å². The summed E-state index contributed by atoms with van der Waals surface area (Å²) in [6.07, 6.45) is 3.14. The summed E-state index contributed by atoms with van der Waals surface area (Å²) in [5.41, 5.74) is 1.20. The van der Waals surface area contributed by atoms with Crippen molar-refractivity contribution in [3.05, 3.63) is 54.4 Å². The van der Waals surface area contributed by atoms with Crippen molar-refractivity contribution in [3.8, 4) is 0 Å². The van der Waals surface area contributed by atoms with Gasteiger partial charge in [0.05, 0.1) is 0 Å². The molecule has 0 aliphatic rings. The number of aromatic nitrogens is 3. The highest BCUT2D eigenvalue weighted by molar-refractivity contribution is 7.99. The van der Waals surface area contributed by atoms with Gasteiger partial charge in [0.25, 0.3) is 0 Å². The first-order chi connectivity index (χ1) is 10.2. The fraction of sp³-hybridized carbons (Fsp3) is 0.312. The van der Waals surface area contributed by atoms with E-state index in [1.165, 1.54) is 5.56 Å². The van der Waals surface area contributed by atoms with Gasteiger partial charge in [0.2, 0.25) is 0 Å². The van der Waals surface area contributed by atoms with E-state index in [0.717, 1.165) is 23.2 Å². The maximum atomic E-state index is 11.0. The number of Topliss-reactive ketones (excluding diaryl/α,β-unsaturated/α-hetero) is 1. The summed E-state index contributed by atoms with van der Waals surface area (Å²) < 4.78 is 2.06. The van der Waals surface area contributed by atoms with E-state index < -0.39 is 0 Å². The molecule has 0 saturated carbocycles. The van der Waals surface area contributed by atoms with Gasteiger partial charge in [-0.25, -0.2) is 0 Å². The van der Waals surface area contributed by atoms with Crippen LogP contribution in [0, 0.1) is 0 Å². The monoisotopic (exact) mass is 301 g/mol. The second-order valence-electron chi connectivity index (χ2n) is 4.76. The van der Waals surface area contributed by atoms with E-state index in [-0.39, 0.29) is 5.78 Å². The number of carbonyl (C=O) groups is 1. The Hall–Kier alpha value is -1.88. The molecular weight excluding hydrogens is 282 g/mol. The number of carbonyl (C=O) groups excluding carboxylic acids is 1. The molecule has 1 aromatic heterocycles. The third-order valence-corrected chi connectivity index (χ3v) is 3.96. The summed E-state index contributed by atoms with van der Waals surface area (Å²) in [6, 6.07) is 10.2. The molecule has 110 valence electrons. The number of rotatable bonds is 8. The first-order valence-electron chi connectivity index (χ1n) is 6.90. The minimum atomic E-state index is 0.196. The molecule has 0 bridgehead atoms. The molecule has 0 aliphatic heterocycles.